The van der Waals surface area contributed by atoms with Crippen molar-refractivity contribution in [2.24, 2.45) is 5.73 Å². The van der Waals surface area contributed by atoms with Crippen molar-refractivity contribution >= 4 is 11.9 Å². The second kappa shape index (κ2) is 10.6. The van der Waals surface area contributed by atoms with Gasteiger partial charge < -0.3 is 15.6 Å². The molecule has 1 unspecified atom stereocenters. The third-order valence-electron chi connectivity index (χ3n) is 5.36. The number of nitrogens with zero attached hydrogens (tertiary/aromatic N) is 4. The lowest BCUT2D eigenvalue weighted by Gasteiger charge is -2.18. The number of nitrogen functional groups attached to an aromatic ring is 1. The van der Waals surface area contributed by atoms with Crippen molar-refractivity contribution in [2.75, 3.05) is 13.2 Å². The highest BCUT2D eigenvalue weighted by atomic mass is 16.5. The van der Waals surface area contributed by atoms with Crippen LogP contribution >= 0.6 is 0 Å². The average molecular weight is 472 g/mol. The van der Waals surface area contributed by atoms with Gasteiger partial charge in [-0.2, -0.15) is 0 Å². The van der Waals surface area contributed by atoms with Crippen LogP contribution in [0, 0.1) is 5.41 Å². The van der Waals surface area contributed by atoms with Crippen LogP contribution in [0.2, 0.25) is 0 Å². The summed E-state index contributed by atoms with van der Waals surface area (Å²) in [6.45, 7) is 3.89. The Balaban J connectivity index is 1.79. The van der Waals surface area contributed by atoms with E-state index in [1.54, 1.807) is 24.3 Å². The first-order valence-corrected chi connectivity index (χ1v) is 10.9. The fraction of sp³-hybridized carbons (Fsp3) is 0.160. The number of aromatic nitrogens is 5. The third-order valence-corrected chi connectivity index (χ3v) is 5.36. The molecule has 2 aromatic heterocycles. The zero-order chi connectivity index (χ0) is 24.8. The topological polar surface area (TPSA) is 156 Å². The number of aliphatic hydroxyl groups excluding tert-OH is 1. The molecule has 0 saturated carbocycles. The number of ether oxygens (including phenoxy) is 1. The van der Waals surface area contributed by atoms with Crippen LogP contribution < -0.4 is 16.2 Å². The van der Waals surface area contributed by atoms with E-state index in [1.807, 2.05) is 30.3 Å². The Kier molecular flexibility index (Phi) is 7.12. The second-order valence-corrected chi connectivity index (χ2v) is 7.75. The first-order chi connectivity index (χ1) is 17.0. The maximum absolute atomic E-state index is 12.7. The van der Waals surface area contributed by atoms with Crippen LogP contribution in [0.5, 0.6) is 5.75 Å². The first kappa shape index (κ1) is 23.6. The van der Waals surface area contributed by atoms with Gasteiger partial charge in [-0.3, -0.25) is 10.4 Å². The van der Waals surface area contributed by atoms with Crippen LogP contribution in [0.1, 0.15) is 34.0 Å². The number of nitrogens with one attached hydrogen (secondary N) is 2. The van der Waals surface area contributed by atoms with Gasteiger partial charge in [0, 0.05) is 23.9 Å². The van der Waals surface area contributed by atoms with Gasteiger partial charge in [0.15, 0.2) is 0 Å². The molecule has 2 heterocycles. The average Bonchev–Trinajstić information content (AvgIpc) is 3.27. The highest BCUT2D eigenvalue weighted by molar-refractivity contribution is 5.94. The number of aliphatic hydroxyl groups is 1. The van der Waals surface area contributed by atoms with E-state index in [0.717, 1.165) is 21.4 Å². The molecule has 35 heavy (non-hydrogen) atoms. The van der Waals surface area contributed by atoms with Gasteiger partial charge in [-0.25, -0.2) is 14.8 Å². The fourth-order valence-corrected chi connectivity index (χ4v) is 3.67. The van der Waals surface area contributed by atoms with E-state index in [9.17, 15) is 9.90 Å². The Labute approximate surface area is 201 Å². The number of amidine groups is 1. The molecule has 2 aromatic carbocycles. The molecule has 178 valence electrons. The summed E-state index contributed by atoms with van der Waals surface area (Å²) in [6.07, 6.45) is 5.26. The zero-order valence-electron chi connectivity index (χ0n) is 18.9. The lowest BCUT2D eigenvalue weighted by molar-refractivity contribution is 0.201. The summed E-state index contributed by atoms with van der Waals surface area (Å²) in [5.74, 6) is 0.774. The van der Waals surface area contributed by atoms with Crippen LogP contribution in [0.15, 0.2) is 72.3 Å². The molecule has 0 fully saturated rings. The normalized spacial score (nSPS) is 11.7. The Hall–Kier alpha value is -4.57. The van der Waals surface area contributed by atoms with Gasteiger partial charge >= 0.3 is 5.69 Å². The summed E-state index contributed by atoms with van der Waals surface area (Å²) in [6, 6.07) is 14.6. The highest BCUT2D eigenvalue weighted by Crippen LogP contribution is 2.30. The van der Waals surface area contributed by atoms with Gasteiger partial charge in [-0.05, 0) is 41.3 Å². The van der Waals surface area contributed by atoms with E-state index < -0.39 is 5.69 Å². The molecule has 0 amide bonds. The maximum Gasteiger partial charge on any atom is 0.350 e. The molecule has 5 N–H and O–H groups in total. The van der Waals surface area contributed by atoms with Crippen molar-refractivity contribution in [2.45, 2.75) is 12.3 Å². The van der Waals surface area contributed by atoms with E-state index in [4.69, 9.17) is 15.9 Å². The van der Waals surface area contributed by atoms with Crippen molar-refractivity contribution in [3.63, 3.8) is 0 Å². The predicted molar refractivity (Wildman–Crippen MR) is 132 cm³/mol. The van der Waals surface area contributed by atoms with Crippen molar-refractivity contribution in [3.05, 3.63) is 106 Å². The zero-order valence-corrected chi connectivity index (χ0v) is 18.9. The monoisotopic (exact) mass is 471 g/mol. The van der Waals surface area contributed by atoms with Crippen LogP contribution in [0.3, 0.4) is 0 Å². The summed E-state index contributed by atoms with van der Waals surface area (Å²) in [7, 11) is 0. The van der Waals surface area contributed by atoms with Gasteiger partial charge in [-0.15, -0.1) is 9.78 Å². The van der Waals surface area contributed by atoms with E-state index >= 15 is 0 Å². The minimum Gasteiger partial charge on any atom is -0.491 e. The quantitative estimate of drug-likeness (QED) is 0.204. The van der Waals surface area contributed by atoms with Crippen LogP contribution in [0.25, 0.3) is 12.0 Å². The highest BCUT2D eigenvalue weighted by Gasteiger charge is 2.22. The van der Waals surface area contributed by atoms with Crippen molar-refractivity contribution < 1.29 is 9.84 Å². The molecule has 4 aromatic rings. The van der Waals surface area contributed by atoms with Gasteiger partial charge in [-0.1, -0.05) is 43.0 Å². The lowest BCUT2D eigenvalue weighted by atomic mass is 9.89. The number of aromatic amines is 1. The summed E-state index contributed by atoms with van der Waals surface area (Å²) in [4.78, 5) is 23.8. The van der Waals surface area contributed by atoms with E-state index in [0.29, 0.717) is 23.6 Å². The van der Waals surface area contributed by atoms with Crippen molar-refractivity contribution in [1.29, 1.82) is 5.41 Å². The summed E-state index contributed by atoms with van der Waals surface area (Å²) < 4.78 is 6.79. The molecule has 0 aliphatic rings. The first-order valence-electron chi connectivity index (χ1n) is 10.9. The third kappa shape index (κ3) is 5.50. The number of rotatable bonds is 10. The minimum atomic E-state index is -0.459. The Morgan fingerprint density at radius 1 is 1.23 bits per heavy atom. The van der Waals surface area contributed by atoms with Crippen molar-refractivity contribution in [3.8, 4) is 11.7 Å². The van der Waals surface area contributed by atoms with Gasteiger partial charge in [0.1, 0.15) is 24.0 Å². The lowest BCUT2D eigenvalue weighted by Crippen LogP contribution is -2.18. The largest absolute Gasteiger partial charge is 0.491 e. The smallest absolute Gasteiger partial charge is 0.350 e. The molecule has 0 aliphatic carbocycles. The number of hydrogen-bond acceptors (Lipinski definition) is 7. The fourth-order valence-electron chi connectivity index (χ4n) is 3.67. The minimum absolute atomic E-state index is 0.0107. The summed E-state index contributed by atoms with van der Waals surface area (Å²) >= 11 is 0. The molecule has 0 saturated heterocycles. The standard InChI is InChI=1S/C25H25N7O3/c1-2-16-12-19(15-20(13-16)35-11-10-33)21(14-17-4-6-18(7-5-17)22(26)27)23-30-25(34)32(31-23)24-28-8-3-9-29-24/h2-9,12-13,15,21,33H,1,10-11,14H2,(H3,26,27)(H,30,31,34). The van der Waals surface area contributed by atoms with E-state index in [1.165, 1.54) is 12.4 Å². The molecule has 4 rings (SSSR count). The molecule has 10 nitrogen and oxygen atoms in total. The number of benzene rings is 2. The van der Waals surface area contributed by atoms with E-state index in [2.05, 4.69) is 26.6 Å². The predicted octanol–water partition coefficient (Wildman–Crippen LogP) is 2.02. The van der Waals surface area contributed by atoms with Gasteiger partial charge in [0.2, 0.25) is 0 Å². The summed E-state index contributed by atoms with van der Waals surface area (Å²) in [5, 5.41) is 21.3. The molecule has 0 aliphatic heterocycles. The van der Waals surface area contributed by atoms with Gasteiger partial charge in [0.05, 0.1) is 6.61 Å². The maximum atomic E-state index is 12.7. The van der Waals surface area contributed by atoms with Crippen LogP contribution in [-0.4, -0.2) is 48.9 Å². The van der Waals surface area contributed by atoms with E-state index in [-0.39, 0.29) is 30.9 Å². The second-order valence-electron chi connectivity index (χ2n) is 7.75. The Morgan fingerprint density at radius 2 is 1.97 bits per heavy atom. The Morgan fingerprint density at radius 3 is 2.63 bits per heavy atom. The van der Waals surface area contributed by atoms with Crippen LogP contribution in [0.4, 0.5) is 0 Å². The number of nitrogens with two attached hydrogens (primary N) is 1. The molecular formula is C25H25N7O3. The number of hydrogen-bond donors (Lipinski definition) is 4. The van der Waals surface area contributed by atoms with Crippen molar-refractivity contribution in [1.82, 2.24) is 24.7 Å². The SMILES string of the molecule is C=Cc1cc(OCCO)cc(C(Cc2ccc(C(=N)N)cc2)c2nn(-c3ncccn3)c(=O)[nH]2)c1. The van der Waals surface area contributed by atoms with Crippen LogP contribution in [-0.2, 0) is 6.42 Å². The summed E-state index contributed by atoms with van der Waals surface area (Å²) in [5.41, 5.74) is 8.36. The Bertz CT molecular complexity index is 1380. The molecule has 0 bridgehead atoms. The molecule has 10 heteroatoms. The number of H-pyrrole nitrogens is 1. The molecule has 0 spiro atoms. The molecule has 0 radical (unpaired) electrons. The molecular weight excluding hydrogens is 446 g/mol. The molecule has 1 atom stereocenters. The van der Waals surface area contributed by atoms with Gasteiger partial charge in [0.25, 0.3) is 5.95 Å².